The van der Waals surface area contributed by atoms with Crippen molar-refractivity contribution < 1.29 is 26.3 Å². The lowest BCUT2D eigenvalue weighted by atomic mass is 9.97. The predicted molar refractivity (Wildman–Crippen MR) is 76.2 cm³/mol. The number of rotatable bonds is 0. The van der Waals surface area contributed by atoms with Gasteiger partial charge in [0.2, 0.25) is 0 Å². The molecule has 1 aromatic rings. The number of alkyl halides is 6. The minimum atomic E-state index is -3.69. The Labute approximate surface area is 139 Å². The number of hydrogen-bond donors (Lipinski definition) is 0. The Kier molecular flexibility index (Phi) is 3.20. The molecule has 2 unspecified atom stereocenters. The molecular formula is C14H10Br2F6. The molecule has 2 aliphatic rings. The third-order valence-electron chi connectivity index (χ3n) is 4.55. The summed E-state index contributed by atoms with van der Waals surface area (Å²) in [7, 11) is 0. The molecule has 1 aromatic carbocycles. The minimum Gasteiger partial charge on any atom is -0.203 e. The highest BCUT2D eigenvalue weighted by Gasteiger charge is 2.64. The Morgan fingerprint density at radius 2 is 1.00 bits per heavy atom. The van der Waals surface area contributed by atoms with Crippen LogP contribution in [0.4, 0.5) is 26.3 Å². The third-order valence-corrected chi connectivity index (χ3v) is 6.11. The zero-order valence-electron chi connectivity index (χ0n) is 11.4. The Morgan fingerprint density at radius 1 is 0.727 bits per heavy atom. The summed E-state index contributed by atoms with van der Waals surface area (Å²) in [4.78, 5) is 0. The van der Waals surface area contributed by atoms with Crippen LogP contribution in [0.25, 0.3) is 0 Å². The molecule has 2 aliphatic carbocycles. The second-order valence-electron chi connectivity index (χ2n) is 6.23. The summed E-state index contributed by atoms with van der Waals surface area (Å²) in [6, 6.07) is 0. The average molecular weight is 452 g/mol. The summed E-state index contributed by atoms with van der Waals surface area (Å²) in [5, 5.41) is 0. The van der Waals surface area contributed by atoms with Crippen LogP contribution in [0.5, 0.6) is 0 Å². The summed E-state index contributed by atoms with van der Waals surface area (Å²) in [6.07, 6.45) is -0.706. The highest BCUT2D eigenvalue weighted by molar-refractivity contribution is 9.10. The van der Waals surface area contributed by atoms with E-state index in [0.717, 1.165) is 13.8 Å². The quantitative estimate of drug-likeness (QED) is 0.357. The highest BCUT2D eigenvalue weighted by atomic mass is 79.9. The smallest absolute Gasteiger partial charge is 0.203 e. The van der Waals surface area contributed by atoms with E-state index >= 15 is 0 Å². The normalized spacial score (nSPS) is 34.6. The van der Waals surface area contributed by atoms with Gasteiger partial charge in [-0.1, -0.05) is 31.9 Å². The Morgan fingerprint density at radius 3 is 1.27 bits per heavy atom. The first kappa shape index (κ1) is 16.6. The highest BCUT2D eigenvalue weighted by Crippen LogP contribution is 2.61. The summed E-state index contributed by atoms with van der Waals surface area (Å²) in [5.74, 6) is -11.1. The van der Waals surface area contributed by atoms with Crippen molar-refractivity contribution in [2.45, 2.75) is 47.2 Å². The molecule has 122 valence electrons. The van der Waals surface area contributed by atoms with Crippen LogP contribution in [-0.2, 0) is 24.7 Å². The van der Waals surface area contributed by atoms with E-state index in [0.29, 0.717) is 0 Å². The van der Waals surface area contributed by atoms with Gasteiger partial charge in [-0.15, -0.1) is 0 Å². The average Bonchev–Trinajstić information content (AvgIpc) is 2.63. The summed E-state index contributed by atoms with van der Waals surface area (Å²) < 4.78 is 82.1. The van der Waals surface area contributed by atoms with Crippen molar-refractivity contribution in [2.75, 3.05) is 0 Å². The first-order valence-electron chi connectivity index (χ1n) is 6.43. The zero-order chi connectivity index (χ0) is 16.9. The van der Waals surface area contributed by atoms with Gasteiger partial charge in [0.1, 0.15) is 0 Å². The van der Waals surface area contributed by atoms with E-state index in [9.17, 15) is 26.3 Å². The first-order valence-corrected chi connectivity index (χ1v) is 8.01. The molecule has 0 N–H and O–H groups in total. The van der Waals surface area contributed by atoms with Crippen LogP contribution in [0.1, 0.15) is 36.1 Å². The fraction of sp³-hybridized carbons (Fsp3) is 0.571. The predicted octanol–water partition coefficient (Wildman–Crippen LogP) is 5.57. The largest absolute Gasteiger partial charge is 0.291 e. The van der Waals surface area contributed by atoms with Gasteiger partial charge in [-0.05, 0) is 37.8 Å². The van der Waals surface area contributed by atoms with Crippen molar-refractivity contribution in [1.82, 2.24) is 0 Å². The van der Waals surface area contributed by atoms with E-state index in [4.69, 9.17) is 0 Å². The lowest BCUT2D eigenvalue weighted by Gasteiger charge is -2.26. The number of halogens is 8. The van der Waals surface area contributed by atoms with Crippen LogP contribution < -0.4 is 0 Å². The molecule has 8 heteroatoms. The fourth-order valence-corrected chi connectivity index (χ4v) is 4.20. The van der Waals surface area contributed by atoms with Crippen molar-refractivity contribution in [3.63, 3.8) is 0 Å². The third kappa shape index (κ3) is 1.71. The van der Waals surface area contributed by atoms with Gasteiger partial charge >= 0.3 is 0 Å². The maximum Gasteiger partial charge on any atom is 0.291 e. The molecule has 0 nitrogen and oxygen atoms in total. The van der Waals surface area contributed by atoms with Gasteiger partial charge in [-0.3, -0.25) is 0 Å². The summed E-state index contributed by atoms with van der Waals surface area (Å²) in [6.45, 7) is 2.27. The standard InChI is InChI=1S/C14H10Br2F6/c1-11(15)3-5-6-4-12(2,16)14(21,22)8(6)10(18)9(17)7(5)13(11,19)20/h3-4H2,1-2H3. The van der Waals surface area contributed by atoms with Gasteiger partial charge in [0, 0.05) is 0 Å². The maximum absolute atomic E-state index is 14.4. The summed E-state index contributed by atoms with van der Waals surface area (Å²) >= 11 is 5.66. The monoisotopic (exact) mass is 450 g/mol. The molecule has 0 bridgehead atoms. The van der Waals surface area contributed by atoms with Crippen molar-refractivity contribution in [1.29, 1.82) is 0 Å². The SMILES string of the molecule is CC1(Br)Cc2c3c(c(F)c(F)c2C1(F)F)C(F)(F)C(C)(Br)C3. The van der Waals surface area contributed by atoms with Crippen LogP contribution in [-0.4, -0.2) is 8.65 Å². The van der Waals surface area contributed by atoms with E-state index in [1.54, 1.807) is 0 Å². The maximum atomic E-state index is 14.4. The molecule has 0 heterocycles. The molecule has 2 atom stereocenters. The Bertz CT molecular complexity index is 634. The molecular weight excluding hydrogens is 442 g/mol. The van der Waals surface area contributed by atoms with Gasteiger partial charge in [-0.25, -0.2) is 8.78 Å². The second kappa shape index (κ2) is 4.23. The number of fused-ring (bicyclic) bond motifs is 3. The van der Waals surface area contributed by atoms with Crippen molar-refractivity contribution in [3.05, 3.63) is 33.9 Å². The van der Waals surface area contributed by atoms with E-state index in [1.165, 1.54) is 0 Å². The lowest BCUT2D eigenvalue weighted by Crippen LogP contribution is -2.35. The molecule has 0 aromatic heterocycles. The first-order chi connectivity index (χ1) is 9.76. The molecule has 0 spiro atoms. The minimum absolute atomic E-state index is 0.221. The van der Waals surface area contributed by atoms with Crippen molar-refractivity contribution >= 4 is 31.9 Å². The molecule has 0 saturated carbocycles. The second-order valence-corrected chi connectivity index (χ2v) is 9.73. The Balaban J connectivity index is 2.41. The van der Waals surface area contributed by atoms with Crippen LogP contribution in [0, 0.1) is 11.6 Å². The number of benzene rings is 1. The van der Waals surface area contributed by atoms with E-state index in [2.05, 4.69) is 31.9 Å². The van der Waals surface area contributed by atoms with Gasteiger partial charge in [0.05, 0.1) is 19.8 Å². The van der Waals surface area contributed by atoms with Gasteiger partial charge in [-0.2, -0.15) is 17.6 Å². The molecule has 0 aliphatic heterocycles. The molecule has 0 saturated heterocycles. The van der Waals surface area contributed by atoms with Gasteiger partial charge in [0.15, 0.2) is 11.6 Å². The molecule has 22 heavy (non-hydrogen) atoms. The van der Waals surface area contributed by atoms with Crippen molar-refractivity contribution in [2.24, 2.45) is 0 Å². The topological polar surface area (TPSA) is 0 Å². The van der Waals surface area contributed by atoms with Crippen LogP contribution in [0.15, 0.2) is 0 Å². The van der Waals surface area contributed by atoms with Gasteiger partial charge in [0.25, 0.3) is 11.8 Å². The molecule has 0 radical (unpaired) electrons. The van der Waals surface area contributed by atoms with Gasteiger partial charge < -0.3 is 0 Å². The lowest BCUT2D eigenvalue weighted by molar-refractivity contribution is -0.0328. The Hall–Kier alpha value is -0.240. The van der Waals surface area contributed by atoms with Crippen molar-refractivity contribution in [3.8, 4) is 0 Å². The fourth-order valence-electron chi connectivity index (χ4n) is 3.24. The van der Waals surface area contributed by atoms with E-state index in [1.807, 2.05) is 0 Å². The molecule has 3 rings (SSSR count). The zero-order valence-corrected chi connectivity index (χ0v) is 14.6. The van der Waals surface area contributed by atoms with Crippen LogP contribution in [0.2, 0.25) is 0 Å². The molecule has 0 amide bonds. The van der Waals surface area contributed by atoms with Crippen LogP contribution >= 0.6 is 31.9 Å². The van der Waals surface area contributed by atoms with E-state index < -0.39 is 43.3 Å². The summed E-state index contributed by atoms with van der Waals surface area (Å²) in [5.41, 5.74) is -2.66. The molecule has 0 fully saturated rings. The van der Waals surface area contributed by atoms with E-state index in [-0.39, 0.29) is 24.0 Å². The number of hydrogen-bond acceptors (Lipinski definition) is 0. The van der Waals surface area contributed by atoms with Crippen LogP contribution in [0.3, 0.4) is 0 Å².